The standard InChI is InChI=1S/C17H22BrNO/c1-3-17(20,14-5-4-6-15(18)11-14)16(12-19)9-7-13(2)8-10-16/h4-6,11,13,20H,3,7-10H2,1-2H3. The summed E-state index contributed by atoms with van der Waals surface area (Å²) in [7, 11) is 0. The molecule has 1 aromatic carbocycles. The molecule has 1 fully saturated rings. The van der Waals surface area contributed by atoms with E-state index in [1.165, 1.54) is 0 Å². The number of hydrogen-bond donors (Lipinski definition) is 1. The average molecular weight is 336 g/mol. The van der Waals surface area contributed by atoms with Crippen LogP contribution in [-0.4, -0.2) is 5.11 Å². The molecule has 0 heterocycles. The molecule has 3 heteroatoms. The van der Waals surface area contributed by atoms with Crippen molar-refractivity contribution in [3.05, 3.63) is 34.3 Å². The summed E-state index contributed by atoms with van der Waals surface area (Å²) in [6, 6.07) is 10.2. The van der Waals surface area contributed by atoms with Gasteiger partial charge in [-0.05, 0) is 55.7 Å². The average Bonchev–Trinajstić information content (AvgIpc) is 2.47. The highest BCUT2D eigenvalue weighted by Crippen LogP contribution is 2.52. The van der Waals surface area contributed by atoms with Crippen molar-refractivity contribution in [2.45, 2.75) is 51.6 Å². The summed E-state index contributed by atoms with van der Waals surface area (Å²) >= 11 is 3.46. The van der Waals surface area contributed by atoms with Gasteiger partial charge in [-0.25, -0.2) is 0 Å². The lowest BCUT2D eigenvalue weighted by molar-refractivity contribution is -0.0868. The first kappa shape index (κ1) is 15.5. The van der Waals surface area contributed by atoms with E-state index in [-0.39, 0.29) is 0 Å². The summed E-state index contributed by atoms with van der Waals surface area (Å²) in [5.41, 5.74) is -0.869. The van der Waals surface area contributed by atoms with Crippen molar-refractivity contribution in [3.63, 3.8) is 0 Å². The molecule has 1 N–H and O–H groups in total. The van der Waals surface area contributed by atoms with Crippen LogP contribution in [0.4, 0.5) is 0 Å². The third kappa shape index (κ3) is 2.52. The van der Waals surface area contributed by atoms with Crippen LogP contribution < -0.4 is 0 Å². The van der Waals surface area contributed by atoms with Crippen LogP contribution in [0.25, 0.3) is 0 Å². The highest BCUT2D eigenvalue weighted by molar-refractivity contribution is 9.10. The first-order valence-corrected chi connectivity index (χ1v) is 8.16. The zero-order chi connectivity index (χ0) is 14.8. The molecule has 1 atom stereocenters. The minimum absolute atomic E-state index is 0.561. The number of halogens is 1. The second-order valence-electron chi connectivity index (χ2n) is 6.10. The minimum atomic E-state index is -1.06. The molecule has 20 heavy (non-hydrogen) atoms. The van der Waals surface area contributed by atoms with Gasteiger partial charge in [-0.3, -0.25) is 0 Å². The molecular formula is C17H22BrNO. The van der Waals surface area contributed by atoms with Gasteiger partial charge in [-0.2, -0.15) is 5.26 Å². The summed E-state index contributed by atoms with van der Waals surface area (Å²) in [5.74, 6) is 0.653. The number of benzene rings is 1. The predicted molar refractivity (Wildman–Crippen MR) is 84.0 cm³/mol. The van der Waals surface area contributed by atoms with E-state index >= 15 is 0 Å². The smallest absolute Gasteiger partial charge is 0.108 e. The van der Waals surface area contributed by atoms with E-state index < -0.39 is 11.0 Å². The monoisotopic (exact) mass is 335 g/mol. The number of rotatable bonds is 3. The predicted octanol–water partition coefficient (Wildman–Crippen LogP) is 4.77. The molecule has 0 radical (unpaired) electrons. The molecule has 1 unspecified atom stereocenters. The molecule has 1 aromatic rings. The van der Waals surface area contributed by atoms with Gasteiger partial charge in [0, 0.05) is 4.47 Å². The number of hydrogen-bond acceptors (Lipinski definition) is 2. The van der Waals surface area contributed by atoms with Gasteiger partial charge in [0.25, 0.3) is 0 Å². The van der Waals surface area contributed by atoms with Gasteiger partial charge in [0.15, 0.2) is 0 Å². The van der Waals surface area contributed by atoms with Crippen LogP contribution in [0.1, 0.15) is 51.5 Å². The third-order valence-electron chi connectivity index (χ3n) is 4.95. The van der Waals surface area contributed by atoms with Crippen molar-refractivity contribution in [1.29, 1.82) is 5.26 Å². The van der Waals surface area contributed by atoms with E-state index in [9.17, 15) is 10.4 Å². The molecule has 0 amide bonds. The Morgan fingerprint density at radius 1 is 1.45 bits per heavy atom. The van der Waals surface area contributed by atoms with Crippen molar-refractivity contribution >= 4 is 15.9 Å². The summed E-state index contributed by atoms with van der Waals surface area (Å²) in [4.78, 5) is 0. The van der Waals surface area contributed by atoms with E-state index in [0.29, 0.717) is 12.3 Å². The largest absolute Gasteiger partial charge is 0.383 e. The molecule has 0 spiro atoms. The van der Waals surface area contributed by atoms with Crippen molar-refractivity contribution in [2.75, 3.05) is 0 Å². The maximum Gasteiger partial charge on any atom is 0.108 e. The lowest BCUT2D eigenvalue weighted by atomic mass is 9.59. The van der Waals surface area contributed by atoms with Crippen LogP contribution in [0.15, 0.2) is 28.7 Å². The van der Waals surface area contributed by atoms with Gasteiger partial charge >= 0.3 is 0 Å². The maximum atomic E-state index is 11.3. The topological polar surface area (TPSA) is 44.0 Å². The third-order valence-corrected chi connectivity index (χ3v) is 5.44. The fraction of sp³-hybridized carbons (Fsp3) is 0.588. The van der Waals surface area contributed by atoms with Gasteiger partial charge < -0.3 is 5.11 Å². The molecule has 2 nitrogen and oxygen atoms in total. The Morgan fingerprint density at radius 3 is 2.60 bits per heavy atom. The second kappa shape index (κ2) is 5.87. The Hall–Kier alpha value is -0.850. The number of nitrogens with zero attached hydrogens (tertiary/aromatic N) is 1. The van der Waals surface area contributed by atoms with Crippen molar-refractivity contribution in [2.24, 2.45) is 11.3 Å². The lowest BCUT2D eigenvalue weighted by Gasteiger charge is -2.46. The first-order valence-electron chi connectivity index (χ1n) is 7.37. The van der Waals surface area contributed by atoms with E-state index in [4.69, 9.17) is 0 Å². The minimum Gasteiger partial charge on any atom is -0.383 e. The molecular weight excluding hydrogens is 314 g/mol. The Morgan fingerprint density at radius 2 is 2.10 bits per heavy atom. The van der Waals surface area contributed by atoms with Crippen molar-refractivity contribution in [1.82, 2.24) is 0 Å². The molecule has 1 saturated carbocycles. The summed E-state index contributed by atoms with van der Waals surface area (Å²) in [6.07, 6.45) is 4.15. The number of nitriles is 1. The number of aliphatic hydroxyl groups is 1. The normalized spacial score (nSPS) is 29.4. The first-order chi connectivity index (χ1) is 9.47. The zero-order valence-corrected chi connectivity index (χ0v) is 13.8. The van der Waals surface area contributed by atoms with Crippen LogP contribution in [-0.2, 0) is 5.60 Å². The SMILES string of the molecule is CCC(O)(c1cccc(Br)c1)C1(C#N)CCC(C)CC1. The highest BCUT2D eigenvalue weighted by Gasteiger charge is 2.51. The van der Waals surface area contributed by atoms with Gasteiger partial charge in [0.05, 0.1) is 11.5 Å². The molecule has 1 aliphatic rings. The zero-order valence-electron chi connectivity index (χ0n) is 12.2. The molecule has 0 aromatic heterocycles. The fourth-order valence-electron chi connectivity index (χ4n) is 3.44. The van der Waals surface area contributed by atoms with Crippen LogP contribution in [0, 0.1) is 22.7 Å². The van der Waals surface area contributed by atoms with Gasteiger partial charge in [0.2, 0.25) is 0 Å². The summed E-state index contributed by atoms with van der Waals surface area (Å²) in [5, 5.41) is 21.1. The molecule has 2 rings (SSSR count). The Bertz CT molecular complexity index is 514. The highest BCUT2D eigenvalue weighted by atomic mass is 79.9. The molecule has 0 bridgehead atoms. The molecule has 1 aliphatic carbocycles. The fourth-order valence-corrected chi connectivity index (χ4v) is 3.84. The second-order valence-corrected chi connectivity index (χ2v) is 7.02. The maximum absolute atomic E-state index is 11.3. The van der Waals surface area contributed by atoms with Crippen LogP contribution in [0.2, 0.25) is 0 Å². The molecule has 0 saturated heterocycles. The Kier molecular flexibility index (Phi) is 4.56. The Balaban J connectivity index is 2.46. The molecule has 108 valence electrons. The van der Waals surface area contributed by atoms with E-state index in [0.717, 1.165) is 35.7 Å². The van der Waals surface area contributed by atoms with Crippen LogP contribution in [0.5, 0.6) is 0 Å². The van der Waals surface area contributed by atoms with E-state index in [1.807, 2.05) is 31.2 Å². The Labute approximate surface area is 129 Å². The summed E-state index contributed by atoms with van der Waals surface area (Å²) < 4.78 is 0.944. The van der Waals surface area contributed by atoms with E-state index in [1.54, 1.807) is 0 Å². The van der Waals surface area contributed by atoms with Crippen molar-refractivity contribution < 1.29 is 5.11 Å². The van der Waals surface area contributed by atoms with Gasteiger partial charge in [0.1, 0.15) is 5.60 Å². The van der Waals surface area contributed by atoms with Gasteiger partial charge in [-0.15, -0.1) is 0 Å². The van der Waals surface area contributed by atoms with Crippen molar-refractivity contribution in [3.8, 4) is 6.07 Å². The lowest BCUT2D eigenvalue weighted by Crippen LogP contribution is -2.46. The van der Waals surface area contributed by atoms with Crippen LogP contribution in [0.3, 0.4) is 0 Å². The molecule has 0 aliphatic heterocycles. The quantitative estimate of drug-likeness (QED) is 0.864. The van der Waals surface area contributed by atoms with Crippen LogP contribution >= 0.6 is 15.9 Å². The summed E-state index contributed by atoms with van der Waals surface area (Å²) in [6.45, 7) is 4.20. The van der Waals surface area contributed by atoms with Gasteiger partial charge in [-0.1, -0.05) is 41.9 Å². The van der Waals surface area contributed by atoms with E-state index in [2.05, 4.69) is 28.9 Å².